The first-order valence-corrected chi connectivity index (χ1v) is 7.69. The Morgan fingerprint density at radius 2 is 2.08 bits per heavy atom. The molecule has 1 atom stereocenters. The summed E-state index contributed by atoms with van der Waals surface area (Å²) in [5, 5.41) is 6.99. The smallest absolute Gasteiger partial charge is 0.255 e. The van der Waals surface area contributed by atoms with E-state index < -0.39 is 11.7 Å². The topological polar surface area (TPSA) is 69.0 Å². The summed E-state index contributed by atoms with van der Waals surface area (Å²) in [6.45, 7) is 0.396. The molecule has 0 bridgehead atoms. The van der Waals surface area contributed by atoms with E-state index in [1.807, 2.05) is 30.3 Å². The van der Waals surface area contributed by atoms with Gasteiger partial charge in [-0.2, -0.15) is 5.10 Å². The van der Waals surface area contributed by atoms with Crippen molar-refractivity contribution < 1.29 is 13.9 Å². The van der Waals surface area contributed by atoms with Crippen LogP contribution >= 0.6 is 0 Å². The van der Waals surface area contributed by atoms with Crippen molar-refractivity contribution in [2.24, 2.45) is 0 Å². The van der Waals surface area contributed by atoms with Gasteiger partial charge in [0.05, 0.1) is 25.3 Å². The quantitative estimate of drug-likeness (QED) is 0.749. The molecule has 128 valence electrons. The molecule has 1 heterocycles. The first kappa shape index (κ1) is 16.6. The maximum absolute atomic E-state index is 13.6. The van der Waals surface area contributed by atoms with E-state index in [1.165, 1.54) is 25.6 Å². The average Bonchev–Trinajstić information content (AvgIpc) is 3.15. The number of aromatic nitrogens is 3. The number of ether oxygens (including phenoxy) is 1. The number of hydrogen-bond donors (Lipinski definition) is 1. The maximum atomic E-state index is 13.6. The van der Waals surface area contributed by atoms with Crippen LogP contribution in [-0.4, -0.2) is 27.8 Å². The third kappa shape index (κ3) is 4.00. The molecular weight excluding hydrogens is 323 g/mol. The molecule has 3 rings (SSSR count). The molecule has 1 N–H and O–H groups in total. The highest BCUT2D eigenvalue weighted by atomic mass is 19.1. The van der Waals surface area contributed by atoms with Crippen LogP contribution in [0.1, 0.15) is 22.0 Å². The molecule has 1 amide bonds. The van der Waals surface area contributed by atoms with Crippen LogP contribution in [-0.2, 0) is 6.54 Å². The van der Waals surface area contributed by atoms with E-state index in [0.717, 1.165) is 11.6 Å². The summed E-state index contributed by atoms with van der Waals surface area (Å²) in [5.41, 5.74) is 1.05. The van der Waals surface area contributed by atoms with Crippen molar-refractivity contribution in [3.8, 4) is 5.75 Å². The summed E-state index contributed by atoms with van der Waals surface area (Å²) in [7, 11) is 1.44. The number of amides is 1. The minimum absolute atomic E-state index is 0.141. The molecule has 2 aromatic carbocycles. The Morgan fingerprint density at radius 1 is 1.28 bits per heavy atom. The fourth-order valence-corrected chi connectivity index (χ4v) is 2.53. The first-order valence-electron chi connectivity index (χ1n) is 7.69. The molecule has 0 fully saturated rings. The van der Waals surface area contributed by atoms with Gasteiger partial charge >= 0.3 is 0 Å². The van der Waals surface area contributed by atoms with Crippen LogP contribution in [0.15, 0.2) is 61.2 Å². The fourth-order valence-electron chi connectivity index (χ4n) is 2.53. The number of carbonyl (C=O) groups is 1. The molecule has 0 aliphatic rings. The monoisotopic (exact) mass is 340 g/mol. The lowest BCUT2D eigenvalue weighted by molar-refractivity contribution is 0.0928. The van der Waals surface area contributed by atoms with Gasteiger partial charge in [-0.25, -0.2) is 9.37 Å². The van der Waals surface area contributed by atoms with E-state index in [-0.39, 0.29) is 11.6 Å². The summed E-state index contributed by atoms with van der Waals surface area (Å²) in [5.74, 6) is -0.615. The van der Waals surface area contributed by atoms with E-state index in [9.17, 15) is 9.18 Å². The van der Waals surface area contributed by atoms with Crippen LogP contribution in [0.5, 0.6) is 5.75 Å². The maximum Gasteiger partial charge on any atom is 0.255 e. The molecule has 25 heavy (non-hydrogen) atoms. The van der Waals surface area contributed by atoms with Crippen molar-refractivity contribution in [3.63, 3.8) is 0 Å². The lowest BCUT2D eigenvalue weighted by atomic mass is 10.1. The largest absolute Gasteiger partial charge is 0.496 e. The van der Waals surface area contributed by atoms with Crippen LogP contribution in [0, 0.1) is 5.82 Å². The van der Waals surface area contributed by atoms with Gasteiger partial charge in [-0.1, -0.05) is 30.3 Å². The number of carbonyl (C=O) groups excluding carboxylic acids is 1. The van der Waals surface area contributed by atoms with Gasteiger partial charge in [0.25, 0.3) is 5.91 Å². The Morgan fingerprint density at radius 3 is 2.76 bits per heavy atom. The van der Waals surface area contributed by atoms with Crippen LogP contribution < -0.4 is 10.1 Å². The second-order valence-corrected chi connectivity index (χ2v) is 5.40. The van der Waals surface area contributed by atoms with Gasteiger partial charge in [-0.05, 0) is 23.8 Å². The standard InChI is InChI=1S/C18H17FN4O2/c1-25-17-8-7-14(19)9-15(17)18(24)22-16(10-23-12-20-11-21-23)13-5-3-2-4-6-13/h2-9,11-12,16H,10H2,1H3,(H,22,24). The Hall–Kier alpha value is -3.22. The van der Waals surface area contributed by atoms with Gasteiger partial charge in [0.2, 0.25) is 0 Å². The van der Waals surface area contributed by atoms with E-state index in [1.54, 1.807) is 11.0 Å². The highest BCUT2D eigenvalue weighted by Gasteiger charge is 2.20. The SMILES string of the molecule is COc1ccc(F)cc1C(=O)NC(Cn1cncn1)c1ccccc1. The fraction of sp³-hybridized carbons (Fsp3) is 0.167. The summed E-state index contributed by atoms with van der Waals surface area (Å²) >= 11 is 0. The minimum atomic E-state index is -0.501. The van der Waals surface area contributed by atoms with Gasteiger partial charge in [0, 0.05) is 0 Å². The van der Waals surface area contributed by atoms with Crippen molar-refractivity contribution in [1.82, 2.24) is 20.1 Å². The molecule has 1 aromatic heterocycles. The third-order valence-corrected chi connectivity index (χ3v) is 3.75. The van der Waals surface area contributed by atoms with Crippen LogP contribution in [0.2, 0.25) is 0 Å². The van der Waals surface area contributed by atoms with Gasteiger partial charge in [-0.3, -0.25) is 9.48 Å². The summed E-state index contributed by atoms with van der Waals surface area (Å²) < 4.78 is 20.3. The Labute approximate surface area is 144 Å². The number of nitrogens with one attached hydrogen (secondary N) is 1. The predicted molar refractivity (Wildman–Crippen MR) is 89.6 cm³/mol. The molecule has 6 nitrogen and oxygen atoms in total. The molecule has 0 aliphatic heterocycles. The number of nitrogens with zero attached hydrogens (tertiary/aromatic N) is 3. The van der Waals surface area contributed by atoms with Crippen molar-refractivity contribution in [2.75, 3.05) is 7.11 Å². The Bertz CT molecular complexity index is 838. The molecule has 0 radical (unpaired) electrons. The lowest BCUT2D eigenvalue weighted by Crippen LogP contribution is -2.32. The number of hydrogen-bond acceptors (Lipinski definition) is 4. The highest BCUT2D eigenvalue weighted by Crippen LogP contribution is 2.21. The van der Waals surface area contributed by atoms with Gasteiger partial charge in [0.1, 0.15) is 24.2 Å². The van der Waals surface area contributed by atoms with Crippen LogP contribution in [0.25, 0.3) is 0 Å². The number of benzene rings is 2. The molecule has 0 aliphatic carbocycles. The predicted octanol–water partition coefficient (Wildman–Crippen LogP) is 2.60. The third-order valence-electron chi connectivity index (χ3n) is 3.75. The summed E-state index contributed by atoms with van der Waals surface area (Å²) in [6.07, 6.45) is 3.00. The van der Waals surface area contributed by atoms with Crippen molar-refractivity contribution in [1.29, 1.82) is 0 Å². The molecule has 3 aromatic rings. The molecule has 1 unspecified atom stereocenters. The average molecular weight is 340 g/mol. The minimum Gasteiger partial charge on any atom is -0.496 e. The van der Waals surface area contributed by atoms with Crippen LogP contribution in [0.3, 0.4) is 0 Å². The Balaban J connectivity index is 1.87. The van der Waals surface area contributed by atoms with E-state index >= 15 is 0 Å². The van der Waals surface area contributed by atoms with Gasteiger partial charge in [0.15, 0.2) is 0 Å². The number of methoxy groups -OCH3 is 1. The zero-order chi connectivity index (χ0) is 17.6. The molecule has 0 saturated carbocycles. The van der Waals surface area contributed by atoms with E-state index in [2.05, 4.69) is 15.4 Å². The van der Waals surface area contributed by atoms with Crippen LogP contribution in [0.4, 0.5) is 4.39 Å². The van der Waals surface area contributed by atoms with Gasteiger partial charge in [-0.15, -0.1) is 0 Å². The van der Waals surface area contributed by atoms with E-state index in [4.69, 9.17) is 4.74 Å². The number of halogens is 1. The highest BCUT2D eigenvalue weighted by molar-refractivity contribution is 5.97. The summed E-state index contributed by atoms with van der Waals surface area (Å²) in [6, 6.07) is 13.0. The normalized spacial score (nSPS) is 11.8. The van der Waals surface area contributed by atoms with Crippen molar-refractivity contribution in [2.45, 2.75) is 12.6 Å². The number of rotatable bonds is 6. The first-order chi connectivity index (χ1) is 12.2. The van der Waals surface area contributed by atoms with Crippen molar-refractivity contribution in [3.05, 3.63) is 78.1 Å². The zero-order valence-corrected chi connectivity index (χ0v) is 13.6. The molecule has 7 heteroatoms. The van der Waals surface area contributed by atoms with Gasteiger partial charge < -0.3 is 10.1 Å². The molecule has 0 spiro atoms. The molecule has 0 saturated heterocycles. The Kier molecular flexibility index (Phi) is 5.03. The second-order valence-electron chi connectivity index (χ2n) is 5.40. The van der Waals surface area contributed by atoms with E-state index in [0.29, 0.717) is 12.3 Å². The van der Waals surface area contributed by atoms with Crippen molar-refractivity contribution >= 4 is 5.91 Å². The second kappa shape index (κ2) is 7.57. The lowest BCUT2D eigenvalue weighted by Gasteiger charge is -2.20. The summed E-state index contributed by atoms with van der Waals surface area (Å²) in [4.78, 5) is 16.6. The molecular formula is C18H17FN4O2. The zero-order valence-electron chi connectivity index (χ0n) is 13.6.